The lowest BCUT2D eigenvalue weighted by molar-refractivity contribution is -0.384. The normalized spacial score (nSPS) is 10.1. The lowest BCUT2D eigenvalue weighted by atomic mass is 10.2. The van der Waals surface area contributed by atoms with Crippen molar-refractivity contribution in [3.8, 4) is 0 Å². The van der Waals surface area contributed by atoms with E-state index in [1.807, 2.05) is 25.1 Å². The van der Waals surface area contributed by atoms with E-state index in [1.54, 1.807) is 24.5 Å². The highest BCUT2D eigenvalue weighted by Gasteiger charge is 2.12. The van der Waals surface area contributed by atoms with Crippen LogP contribution >= 0.6 is 0 Å². The molecule has 0 aliphatic carbocycles. The van der Waals surface area contributed by atoms with E-state index < -0.39 is 0 Å². The number of anilines is 1. The molecule has 0 aliphatic rings. The third-order valence-corrected chi connectivity index (χ3v) is 2.58. The molecule has 0 radical (unpaired) electrons. The Balaban J connectivity index is 2.17. The summed E-state index contributed by atoms with van der Waals surface area (Å²) in [5, 5.41) is 14.0. The Kier molecular flexibility index (Phi) is 3.52. The smallest absolute Gasteiger partial charge is 0.292 e. The molecule has 1 aromatic carbocycles. The molecule has 1 N–H and O–H groups in total. The number of hydrogen-bond donors (Lipinski definition) is 1. The highest BCUT2D eigenvalue weighted by molar-refractivity contribution is 5.62. The number of rotatable bonds is 4. The molecule has 2 rings (SSSR count). The monoisotopic (exact) mass is 243 g/mol. The van der Waals surface area contributed by atoms with Gasteiger partial charge in [-0.1, -0.05) is 6.07 Å². The van der Waals surface area contributed by atoms with Gasteiger partial charge in [-0.25, -0.2) is 0 Å². The zero-order valence-electron chi connectivity index (χ0n) is 9.96. The molecule has 0 saturated heterocycles. The molecular weight excluding hydrogens is 230 g/mol. The van der Waals surface area contributed by atoms with Gasteiger partial charge in [0.05, 0.1) is 4.92 Å². The van der Waals surface area contributed by atoms with Crippen molar-refractivity contribution in [3.05, 3.63) is 64.0 Å². The van der Waals surface area contributed by atoms with Gasteiger partial charge in [0.2, 0.25) is 0 Å². The molecule has 0 atom stereocenters. The first-order valence-electron chi connectivity index (χ1n) is 5.54. The Hall–Kier alpha value is -2.43. The Bertz CT molecular complexity index is 555. The summed E-state index contributed by atoms with van der Waals surface area (Å²) in [5.74, 6) is 0. The molecule has 92 valence electrons. The molecule has 5 heteroatoms. The summed E-state index contributed by atoms with van der Waals surface area (Å²) in [4.78, 5) is 14.5. The number of nitro benzene ring substituents is 1. The fourth-order valence-corrected chi connectivity index (χ4v) is 1.64. The zero-order valence-corrected chi connectivity index (χ0v) is 9.96. The molecule has 0 saturated carbocycles. The second-order valence-electron chi connectivity index (χ2n) is 3.99. The number of aromatic nitrogens is 1. The van der Waals surface area contributed by atoms with Crippen LogP contribution in [0.1, 0.15) is 11.1 Å². The van der Waals surface area contributed by atoms with Crippen LogP contribution < -0.4 is 5.32 Å². The van der Waals surface area contributed by atoms with Crippen molar-refractivity contribution in [2.45, 2.75) is 13.5 Å². The van der Waals surface area contributed by atoms with E-state index >= 15 is 0 Å². The molecule has 1 aromatic heterocycles. The highest BCUT2D eigenvalue weighted by atomic mass is 16.6. The molecule has 18 heavy (non-hydrogen) atoms. The molecule has 0 fully saturated rings. The zero-order chi connectivity index (χ0) is 13.0. The highest BCUT2D eigenvalue weighted by Crippen LogP contribution is 2.25. The van der Waals surface area contributed by atoms with E-state index in [4.69, 9.17) is 0 Å². The minimum atomic E-state index is -0.373. The van der Waals surface area contributed by atoms with E-state index in [0.29, 0.717) is 12.2 Å². The first kappa shape index (κ1) is 12.0. The van der Waals surface area contributed by atoms with E-state index in [-0.39, 0.29) is 10.6 Å². The van der Waals surface area contributed by atoms with Gasteiger partial charge in [0.15, 0.2) is 0 Å². The second-order valence-corrected chi connectivity index (χ2v) is 3.99. The van der Waals surface area contributed by atoms with Gasteiger partial charge < -0.3 is 5.32 Å². The van der Waals surface area contributed by atoms with Crippen LogP contribution in [-0.2, 0) is 6.54 Å². The van der Waals surface area contributed by atoms with Crippen molar-refractivity contribution < 1.29 is 4.92 Å². The van der Waals surface area contributed by atoms with Crippen molar-refractivity contribution in [3.63, 3.8) is 0 Å². The molecule has 0 aliphatic heterocycles. The number of aryl methyl sites for hydroxylation is 1. The number of benzene rings is 1. The molecule has 1 heterocycles. The van der Waals surface area contributed by atoms with Crippen molar-refractivity contribution in [1.82, 2.24) is 4.98 Å². The Morgan fingerprint density at radius 3 is 2.67 bits per heavy atom. The Morgan fingerprint density at radius 2 is 2.00 bits per heavy atom. The fourth-order valence-electron chi connectivity index (χ4n) is 1.64. The average molecular weight is 243 g/mol. The maximum absolute atomic E-state index is 10.9. The minimum Gasteiger partial charge on any atom is -0.375 e. The summed E-state index contributed by atoms with van der Waals surface area (Å²) in [5.41, 5.74) is 2.53. The summed E-state index contributed by atoms with van der Waals surface area (Å²) in [6, 6.07) is 8.88. The van der Waals surface area contributed by atoms with Crippen LogP contribution in [0.4, 0.5) is 11.4 Å². The molecule has 5 nitrogen and oxygen atoms in total. The number of nitrogens with zero attached hydrogens (tertiary/aromatic N) is 2. The Labute approximate surface area is 105 Å². The Morgan fingerprint density at radius 1 is 1.28 bits per heavy atom. The van der Waals surface area contributed by atoms with Crippen molar-refractivity contribution in [2.75, 3.05) is 5.32 Å². The molecule has 0 bridgehead atoms. The van der Waals surface area contributed by atoms with Gasteiger partial charge in [-0.2, -0.15) is 0 Å². The predicted molar refractivity (Wildman–Crippen MR) is 69.4 cm³/mol. The number of nitro groups is 1. The van der Waals surface area contributed by atoms with Gasteiger partial charge in [-0.3, -0.25) is 15.1 Å². The van der Waals surface area contributed by atoms with Crippen LogP contribution in [0, 0.1) is 17.0 Å². The average Bonchev–Trinajstić information content (AvgIpc) is 2.38. The third-order valence-electron chi connectivity index (χ3n) is 2.58. The SMILES string of the molecule is Cc1ccc(NCc2ccncc2)c([N+](=O)[O-])c1. The largest absolute Gasteiger partial charge is 0.375 e. The molecule has 2 aromatic rings. The minimum absolute atomic E-state index is 0.101. The molecule has 0 spiro atoms. The molecular formula is C13H13N3O2. The lowest BCUT2D eigenvalue weighted by Crippen LogP contribution is -2.02. The first-order chi connectivity index (χ1) is 8.66. The number of hydrogen-bond acceptors (Lipinski definition) is 4. The quantitative estimate of drug-likeness (QED) is 0.662. The van der Waals surface area contributed by atoms with Crippen LogP contribution in [0.3, 0.4) is 0 Å². The van der Waals surface area contributed by atoms with E-state index in [1.165, 1.54) is 0 Å². The maximum Gasteiger partial charge on any atom is 0.292 e. The van der Waals surface area contributed by atoms with Gasteiger partial charge in [-0.05, 0) is 36.2 Å². The van der Waals surface area contributed by atoms with Crippen LogP contribution in [0.2, 0.25) is 0 Å². The van der Waals surface area contributed by atoms with Crippen molar-refractivity contribution >= 4 is 11.4 Å². The van der Waals surface area contributed by atoms with Crippen LogP contribution in [-0.4, -0.2) is 9.91 Å². The third kappa shape index (κ3) is 2.82. The van der Waals surface area contributed by atoms with Gasteiger partial charge in [0.25, 0.3) is 5.69 Å². The topological polar surface area (TPSA) is 68.1 Å². The van der Waals surface area contributed by atoms with Crippen LogP contribution in [0.15, 0.2) is 42.7 Å². The summed E-state index contributed by atoms with van der Waals surface area (Å²) in [7, 11) is 0. The standard InChI is InChI=1S/C13H13N3O2/c1-10-2-3-12(13(8-10)16(17)18)15-9-11-4-6-14-7-5-11/h2-8,15H,9H2,1H3. The molecule has 0 unspecified atom stereocenters. The number of pyridine rings is 1. The van der Waals surface area contributed by atoms with Gasteiger partial charge in [-0.15, -0.1) is 0 Å². The van der Waals surface area contributed by atoms with Gasteiger partial charge >= 0.3 is 0 Å². The van der Waals surface area contributed by atoms with Gasteiger partial charge in [0.1, 0.15) is 5.69 Å². The van der Waals surface area contributed by atoms with Crippen molar-refractivity contribution in [2.24, 2.45) is 0 Å². The summed E-state index contributed by atoms with van der Waals surface area (Å²) in [6.45, 7) is 2.37. The lowest BCUT2D eigenvalue weighted by Gasteiger charge is -2.07. The first-order valence-corrected chi connectivity index (χ1v) is 5.54. The van der Waals surface area contributed by atoms with Gasteiger partial charge in [0, 0.05) is 25.0 Å². The summed E-state index contributed by atoms with van der Waals surface area (Å²) >= 11 is 0. The summed E-state index contributed by atoms with van der Waals surface area (Å²) in [6.07, 6.45) is 3.39. The van der Waals surface area contributed by atoms with Crippen molar-refractivity contribution in [1.29, 1.82) is 0 Å². The van der Waals surface area contributed by atoms with E-state index in [9.17, 15) is 10.1 Å². The van der Waals surface area contributed by atoms with Crippen LogP contribution in [0.25, 0.3) is 0 Å². The van der Waals surface area contributed by atoms with Crippen LogP contribution in [0.5, 0.6) is 0 Å². The fraction of sp³-hybridized carbons (Fsp3) is 0.154. The molecule has 0 amide bonds. The second kappa shape index (κ2) is 5.27. The van der Waals surface area contributed by atoms with E-state index in [0.717, 1.165) is 11.1 Å². The van der Waals surface area contributed by atoms with E-state index in [2.05, 4.69) is 10.3 Å². The summed E-state index contributed by atoms with van der Waals surface area (Å²) < 4.78 is 0. The predicted octanol–water partition coefficient (Wildman–Crippen LogP) is 2.91. The number of nitrogens with one attached hydrogen (secondary N) is 1. The maximum atomic E-state index is 10.9.